The van der Waals surface area contributed by atoms with Crippen LogP contribution in [0.4, 0.5) is 5.69 Å². The van der Waals surface area contributed by atoms with Crippen molar-refractivity contribution in [3.05, 3.63) is 69.7 Å². The summed E-state index contributed by atoms with van der Waals surface area (Å²) in [5, 5.41) is 3.82. The number of anilines is 1. The first-order valence-electron chi connectivity index (χ1n) is 6.62. The molecule has 2 rings (SSSR count). The highest BCUT2D eigenvalue weighted by Crippen LogP contribution is 2.25. The molecule has 0 heterocycles. The Morgan fingerprint density at radius 1 is 1.10 bits per heavy atom. The first kappa shape index (κ1) is 15.6. The molecule has 108 valence electrons. The lowest BCUT2D eigenvalue weighted by Gasteiger charge is -2.04. The zero-order valence-corrected chi connectivity index (χ0v) is 13.1. The number of hydrogen-bond donors (Lipinski definition) is 1. The SMILES string of the molecule is CCc1ccc(NC(=O)/C=C/c2c(Cl)cccc2Cl)cc1. The lowest BCUT2D eigenvalue weighted by Crippen LogP contribution is -2.07. The minimum Gasteiger partial charge on any atom is -0.323 e. The lowest BCUT2D eigenvalue weighted by molar-refractivity contribution is -0.111. The average Bonchev–Trinajstić information content (AvgIpc) is 2.47. The maximum absolute atomic E-state index is 11.9. The molecule has 2 aromatic rings. The maximum atomic E-state index is 11.9. The predicted molar refractivity (Wildman–Crippen MR) is 89.9 cm³/mol. The highest BCUT2D eigenvalue weighted by molar-refractivity contribution is 6.37. The number of carbonyl (C=O) groups excluding carboxylic acids is 1. The van der Waals surface area contributed by atoms with Crippen LogP contribution in [-0.2, 0) is 11.2 Å². The van der Waals surface area contributed by atoms with Crippen LogP contribution >= 0.6 is 23.2 Å². The Balaban J connectivity index is 2.05. The summed E-state index contributed by atoms with van der Waals surface area (Å²) in [6, 6.07) is 13.0. The van der Waals surface area contributed by atoms with Gasteiger partial charge in [0.05, 0.1) is 0 Å². The summed E-state index contributed by atoms with van der Waals surface area (Å²) in [7, 11) is 0. The van der Waals surface area contributed by atoms with E-state index in [2.05, 4.69) is 12.2 Å². The monoisotopic (exact) mass is 319 g/mol. The molecular formula is C17H15Cl2NO. The van der Waals surface area contributed by atoms with Gasteiger partial charge in [-0.1, -0.05) is 48.3 Å². The normalized spacial score (nSPS) is 10.8. The molecule has 0 spiro atoms. The van der Waals surface area contributed by atoms with Crippen molar-refractivity contribution < 1.29 is 4.79 Å². The zero-order chi connectivity index (χ0) is 15.2. The summed E-state index contributed by atoms with van der Waals surface area (Å²) in [5.74, 6) is -0.227. The standard InChI is InChI=1S/C17H15Cl2NO/c1-2-12-6-8-13(9-7-12)20-17(21)11-10-14-15(18)4-3-5-16(14)19/h3-11H,2H2,1H3,(H,20,21)/b11-10+. The Kier molecular flexibility index (Phi) is 5.43. The Labute approximate surface area is 134 Å². The highest BCUT2D eigenvalue weighted by atomic mass is 35.5. The Morgan fingerprint density at radius 2 is 1.71 bits per heavy atom. The van der Waals surface area contributed by atoms with Gasteiger partial charge in [-0.3, -0.25) is 4.79 Å². The summed E-state index contributed by atoms with van der Waals surface area (Å²) < 4.78 is 0. The molecule has 21 heavy (non-hydrogen) atoms. The van der Waals surface area contributed by atoms with E-state index < -0.39 is 0 Å². The summed E-state index contributed by atoms with van der Waals surface area (Å²) >= 11 is 12.1. The van der Waals surface area contributed by atoms with Gasteiger partial charge in [0.2, 0.25) is 5.91 Å². The van der Waals surface area contributed by atoms with Gasteiger partial charge in [0.1, 0.15) is 0 Å². The van der Waals surface area contributed by atoms with Crippen molar-refractivity contribution in [2.75, 3.05) is 5.32 Å². The number of hydrogen-bond acceptors (Lipinski definition) is 1. The van der Waals surface area contributed by atoms with E-state index in [9.17, 15) is 4.79 Å². The Morgan fingerprint density at radius 3 is 2.29 bits per heavy atom. The van der Waals surface area contributed by atoms with Gasteiger partial charge in [-0.05, 0) is 42.3 Å². The van der Waals surface area contributed by atoms with E-state index >= 15 is 0 Å². The molecule has 2 aromatic carbocycles. The first-order chi connectivity index (χ1) is 10.1. The molecule has 4 heteroatoms. The molecule has 0 aliphatic heterocycles. The van der Waals surface area contributed by atoms with Crippen molar-refractivity contribution in [3.63, 3.8) is 0 Å². The van der Waals surface area contributed by atoms with Gasteiger partial charge in [0.25, 0.3) is 0 Å². The fraction of sp³-hybridized carbons (Fsp3) is 0.118. The van der Waals surface area contributed by atoms with Crippen LogP contribution in [-0.4, -0.2) is 5.91 Å². The van der Waals surface area contributed by atoms with Gasteiger partial charge in [-0.15, -0.1) is 0 Å². The molecule has 0 saturated heterocycles. The molecule has 0 atom stereocenters. The van der Waals surface area contributed by atoms with E-state index in [0.29, 0.717) is 15.6 Å². The van der Waals surface area contributed by atoms with Crippen LogP contribution < -0.4 is 5.32 Å². The van der Waals surface area contributed by atoms with E-state index in [4.69, 9.17) is 23.2 Å². The second-order valence-electron chi connectivity index (χ2n) is 4.51. The molecule has 0 saturated carbocycles. The minimum atomic E-state index is -0.227. The van der Waals surface area contributed by atoms with E-state index in [1.54, 1.807) is 24.3 Å². The maximum Gasteiger partial charge on any atom is 0.248 e. The number of nitrogens with one attached hydrogen (secondary N) is 1. The van der Waals surface area contributed by atoms with Crippen LogP contribution in [0.3, 0.4) is 0 Å². The first-order valence-corrected chi connectivity index (χ1v) is 7.37. The van der Waals surface area contributed by atoms with Gasteiger partial charge >= 0.3 is 0 Å². The minimum absolute atomic E-state index is 0.227. The third-order valence-electron chi connectivity index (χ3n) is 3.03. The van der Waals surface area contributed by atoms with Gasteiger partial charge in [0.15, 0.2) is 0 Å². The number of benzene rings is 2. The van der Waals surface area contributed by atoms with Crippen molar-refractivity contribution in [1.29, 1.82) is 0 Å². The summed E-state index contributed by atoms with van der Waals surface area (Å²) in [5.41, 5.74) is 2.62. The van der Waals surface area contributed by atoms with E-state index in [0.717, 1.165) is 12.1 Å². The molecular weight excluding hydrogens is 305 g/mol. The van der Waals surface area contributed by atoms with E-state index in [1.807, 2.05) is 24.3 Å². The highest BCUT2D eigenvalue weighted by Gasteiger charge is 2.03. The van der Waals surface area contributed by atoms with Crippen molar-refractivity contribution in [2.45, 2.75) is 13.3 Å². The van der Waals surface area contributed by atoms with Crippen LogP contribution in [0.5, 0.6) is 0 Å². The molecule has 0 bridgehead atoms. The number of rotatable bonds is 4. The van der Waals surface area contributed by atoms with Gasteiger partial charge < -0.3 is 5.32 Å². The molecule has 0 aliphatic carbocycles. The molecule has 0 unspecified atom stereocenters. The molecule has 0 fully saturated rings. The quantitative estimate of drug-likeness (QED) is 0.770. The number of carbonyl (C=O) groups is 1. The van der Waals surface area contributed by atoms with Crippen LogP contribution in [0, 0.1) is 0 Å². The van der Waals surface area contributed by atoms with Crippen LogP contribution in [0.1, 0.15) is 18.1 Å². The van der Waals surface area contributed by atoms with Crippen LogP contribution in [0.25, 0.3) is 6.08 Å². The van der Waals surface area contributed by atoms with Crippen molar-refractivity contribution in [1.82, 2.24) is 0 Å². The summed E-state index contributed by atoms with van der Waals surface area (Å²) in [6.45, 7) is 2.09. The van der Waals surface area contributed by atoms with Crippen molar-refractivity contribution in [2.24, 2.45) is 0 Å². The summed E-state index contributed by atoms with van der Waals surface area (Å²) in [6.07, 6.45) is 4.00. The molecule has 1 N–H and O–H groups in total. The van der Waals surface area contributed by atoms with E-state index in [-0.39, 0.29) is 5.91 Å². The molecule has 2 nitrogen and oxygen atoms in total. The smallest absolute Gasteiger partial charge is 0.248 e. The second kappa shape index (κ2) is 7.30. The number of halogens is 2. The zero-order valence-electron chi connectivity index (χ0n) is 11.6. The van der Waals surface area contributed by atoms with Crippen LogP contribution in [0.15, 0.2) is 48.5 Å². The molecule has 0 aromatic heterocycles. The lowest BCUT2D eigenvalue weighted by atomic mass is 10.1. The van der Waals surface area contributed by atoms with E-state index in [1.165, 1.54) is 11.6 Å². The second-order valence-corrected chi connectivity index (χ2v) is 5.32. The number of amides is 1. The largest absolute Gasteiger partial charge is 0.323 e. The summed E-state index contributed by atoms with van der Waals surface area (Å²) in [4.78, 5) is 11.9. The van der Waals surface area contributed by atoms with Gasteiger partial charge in [0, 0.05) is 27.4 Å². The fourth-order valence-electron chi connectivity index (χ4n) is 1.84. The number of aryl methyl sites for hydroxylation is 1. The third kappa shape index (κ3) is 4.35. The predicted octanol–water partition coefficient (Wildman–Crippen LogP) is 5.21. The van der Waals surface area contributed by atoms with Crippen molar-refractivity contribution in [3.8, 4) is 0 Å². The molecule has 0 radical (unpaired) electrons. The molecule has 0 aliphatic rings. The molecule has 1 amide bonds. The third-order valence-corrected chi connectivity index (χ3v) is 3.69. The Bertz CT molecular complexity index is 643. The van der Waals surface area contributed by atoms with Gasteiger partial charge in [-0.25, -0.2) is 0 Å². The average molecular weight is 320 g/mol. The van der Waals surface area contributed by atoms with Crippen molar-refractivity contribution >= 4 is 40.9 Å². The topological polar surface area (TPSA) is 29.1 Å². The van der Waals surface area contributed by atoms with Gasteiger partial charge in [-0.2, -0.15) is 0 Å². The Hall–Kier alpha value is -1.77. The van der Waals surface area contributed by atoms with Crippen LogP contribution in [0.2, 0.25) is 10.0 Å². The fourth-order valence-corrected chi connectivity index (χ4v) is 2.36.